The zero-order chi connectivity index (χ0) is 20.5. The Kier molecular flexibility index (Phi) is 5.31. The van der Waals surface area contributed by atoms with Crippen LogP contribution in [0.3, 0.4) is 0 Å². The van der Waals surface area contributed by atoms with Crippen LogP contribution in [0.25, 0.3) is 22.2 Å². The quantitative estimate of drug-likeness (QED) is 0.646. The highest BCUT2D eigenvalue weighted by Crippen LogP contribution is 2.35. The highest BCUT2D eigenvalue weighted by molar-refractivity contribution is 5.83. The monoisotopic (exact) mass is 381 g/mol. The molecule has 6 heteroatoms. The Morgan fingerprint density at radius 1 is 1.18 bits per heavy atom. The normalized spacial score (nSPS) is 12.8. The van der Waals surface area contributed by atoms with E-state index in [4.69, 9.17) is 9.72 Å². The fourth-order valence-corrected chi connectivity index (χ4v) is 3.46. The van der Waals surface area contributed by atoms with Crippen molar-refractivity contribution in [3.05, 3.63) is 48.3 Å². The third kappa shape index (κ3) is 3.81. The molecule has 1 atom stereocenters. The van der Waals surface area contributed by atoms with Crippen LogP contribution >= 0.6 is 0 Å². The molecule has 0 radical (unpaired) electrons. The van der Waals surface area contributed by atoms with Crippen LogP contribution in [0.1, 0.15) is 39.6 Å². The molecule has 0 aliphatic rings. The molecule has 2 N–H and O–H groups in total. The van der Waals surface area contributed by atoms with E-state index in [9.17, 15) is 9.90 Å². The third-order valence-electron chi connectivity index (χ3n) is 4.91. The second-order valence-electron chi connectivity index (χ2n) is 7.89. The number of ether oxygens (including phenoxy) is 1. The first-order valence-corrected chi connectivity index (χ1v) is 9.38. The van der Waals surface area contributed by atoms with Crippen molar-refractivity contribution in [2.24, 2.45) is 5.41 Å². The summed E-state index contributed by atoms with van der Waals surface area (Å²) in [5, 5.41) is 12.0. The van der Waals surface area contributed by atoms with Crippen molar-refractivity contribution in [2.45, 2.75) is 40.3 Å². The van der Waals surface area contributed by atoms with Crippen molar-refractivity contribution >= 4 is 17.1 Å². The number of carboxylic acid groups (broad SMARTS) is 1. The minimum atomic E-state index is -1.05. The predicted octanol–water partition coefficient (Wildman–Crippen LogP) is 5.09. The maximum Gasteiger partial charge on any atom is 0.405 e. The van der Waals surface area contributed by atoms with E-state index >= 15 is 0 Å². The fraction of sp³-hybridized carbons (Fsp3) is 0.364. The summed E-state index contributed by atoms with van der Waals surface area (Å²) in [6.07, 6.45) is -1.05. The number of hydrogen-bond acceptors (Lipinski definition) is 3. The van der Waals surface area contributed by atoms with Crippen LogP contribution in [0, 0.1) is 5.41 Å². The van der Waals surface area contributed by atoms with Crippen LogP contribution in [0.5, 0.6) is 5.75 Å². The number of benzene rings is 2. The maximum absolute atomic E-state index is 11.4. The summed E-state index contributed by atoms with van der Waals surface area (Å²) < 4.78 is 7.31. The SMILES string of the molecule is CCn1c(C(NC(=O)O)C(C)(C)C)nc2cc(-c3ccc(OC)cc3)ccc21. The molecule has 1 unspecified atom stereocenters. The van der Waals surface area contributed by atoms with Crippen molar-refractivity contribution in [3.8, 4) is 16.9 Å². The number of aromatic nitrogens is 2. The number of methoxy groups -OCH3 is 1. The number of aryl methyl sites for hydroxylation is 1. The lowest BCUT2D eigenvalue weighted by molar-refractivity contribution is 0.172. The van der Waals surface area contributed by atoms with Crippen molar-refractivity contribution in [3.63, 3.8) is 0 Å². The van der Waals surface area contributed by atoms with E-state index in [0.29, 0.717) is 6.54 Å². The minimum absolute atomic E-state index is 0.314. The van der Waals surface area contributed by atoms with Crippen LogP contribution in [0.4, 0.5) is 4.79 Å². The van der Waals surface area contributed by atoms with Crippen molar-refractivity contribution < 1.29 is 14.6 Å². The van der Waals surface area contributed by atoms with Gasteiger partial charge < -0.3 is 19.7 Å². The molecule has 1 heterocycles. The first-order chi connectivity index (χ1) is 13.2. The number of rotatable bonds is 5. The smallest absolute Gasteiger partial charge is 0.405 e. The second-order valence-corrected chi connectivity index (χ2v) is 7.89. The van der Waals surface area contributed by atoms with Crippen molar-refractivity contribution in [1.29, 1.82) is 0 Å². The lowest BCUT2D eigenvalue weighted by atomic mass is 9.86. The van der Waals surface area contributed by atoms with Crippen LogP contribution in [-0.2, 0) is 6.54 Å². The van der Waals surface area contributed by atoms with Gasteiger partial charge >= 0.3 is 6.09 Å². The van der Waals surface area contributed by atoms with Gasteiger partial charge in [-0.3, -0.25) is 0 Å². The molecule has 0 bridgehead atoms. The van der Waals surface area contributed by atoms with Gasteiger partial charge in [-0.25, -0.2) is 9.78 Å². The Hall–Kier alpha value is -3.02. The summed E-state index contributed by atoms with van der Waals surface area (Å²) >= 11 is 0. The van der Waals surface area contributed by atoms with Gasteiger partial charge in [-0.05, 0) is 47.7 Å². The van der Waals surface area contributed by atoms with E-state index in [0.717, 1.165) is 33.7 Å². The molecule has 1 amide bonds. The van der Waals surface area contributed by atoms with Gasteiger partial charge in [-0.15, -0.1) is 0 Å². The van der Waals surface area contributed by atoms with E-state index in [1.54, 1.807) is 7.11 Å². The lowest BCUT2D eigenvalue weighted by Gasteiger charge is -2.30. The zero-order valence-corrected chi connectivity index (χ0v) is 17.0. The van der Waals surface area contributed by atoms with Gasteiger partial charge in [0.2, 0.25) is 0 Å². The average molecular weight is 381 g/mol. The van der Waals surface area contributed by atoms with Crippen molar-refractivity contribution in [2.75, 3.05) is 7.11 Å². The van der Waals surface area contributed by atoms with Gasteiger partial charge in [0.05, 0.1) is 24.2 Å². The summed E-state index contributed by atoms with van der Waals surface area (Å²) in [5.74, 6) is 1.55. The largest absolute Gasteiger partial charge is 0.497 e. The number of amides is 1. The summed E-state index contributed by atoms with van der Waals surface area (Å²) in [6, 6.07) is 13.6. The highest BCUT2D eigenvalue weighted by Gasteiger charge is 2.32. The topological polar surface area (TPSA) is 76.4 Å². The Balaban J connectivity index is 2.10. The molecule has 0 aliphatic heterocycles. The van der Waals surface area contributed by atoms with Crippen LogP contribution in [-0.4, -0.2) is 27.9 Å². The molecule has 3 aromatic rings. The molecule has 148 valence electrons. The van der Waals surface area contributed by atoms with E-state index in [1.807, 2.05) is 58.0 Å². The summed E-state index contributed by atoms with van der Waals surface area (Å²) in [7, 11) is 1.65. The molecular formula is C22H27N3O3. The van der Waals surface area contributed by atoms with Crippen LogP contribution in [0.2, 0.25) is 0 Å². The van der Waals surface area contributed by atoms with Gasteiger partial charge in [0.15, 0.2) is 0 Å². The summed E-state index contributed by atoms with van der Waals surface area (Å²) in [5.41, 5.74) is 3.67. The molecule has 0 saturated heterocycles. The van der Waals surface area contributed by atoms with Gasteiger partial charge in [-0.2, -0.15) is 0 Å². The molecular weight excluding hydrogens is 354 g/mol. The molecule has 6 nitrogen and oxygen atoms in total. The molecule has 2 aromatic carbocycles. The zero-order valence-electron chi connectivity index (χ0n) is 17.0. The van der Waals surface area contributed by atoms with E-state index < -0.39 is 12.1 Å². The molecule has 0 spiro atoms. The number of hydrogen-bond donors (Lipinski definition) is 2. The molecule has 0 saturated carbocycles. The van der Waals surface area contributed by atoms with E-state index in [-0.39, 0.29) is 5.41 Å². The van der Waals surface area contributed by atoms with Gasteiger partial charge in [0, 0.05) is 6.54 Å². The first kappa shape index (κ1) is 19.7. The molecule has 0 fully saturated rings. The van der Waals surface area contributed by atoms with E-state index in [1.165, 1.54) is 0 Å². The minimum Gasteiger partial charge on any atom is -0.497 e. The number of nitrogens with zero attached hydrogens (tertiary/aromatic N) is 2. The predicted molar refractivity (Wildman–Crippen MR) is 111 cm³/mol. The van der Waals surface area contributed by atoms with Gasteiger partial charge in [0.1, 0.15) is 11.6 Å². The maximum atomic E-state index is 11.4. The number of imidazole rings is 1. The standard InChI is InChI=1S/C22H27N3O3/c1-6-25-18-12-9-15(14-7-10-16(28-5)11-8-14)13-17(18)23-20(25)19(22(2,3)4)24-21(26)27/h7-13,19,24H,6H2,1-5H3,(H,26,27). The van der Waals surface area contributed by atoms with Crippen LogP contribution in [0.15, 0.2) is 42.5 Å². The highest BCUT2D eigenvalue weighted by atomic mass is 16.5. The van der Waals surface area contributed by atoms with Gasteiger partial charge in [0.25, 0.3) is 0 Å². The molecule has 3 rings (SSSR count). The molecule has 0 aliphatic carbocycles. The number of nitrogens with one attached hydrogen (secondary N) is 1. The fourth-order valence-electron chi connectivity index (χ4n) is 3.46. The average Bonchev–Trinajstić information content (AvgIpc) is 3.02. The van der Waals surface area contributed by atoms with Crippen molar-refractivity contribution in [1.82, 2.24) is 14.9 Å². The summed E-state index contributed by atoms with van der Waals surface area (Å²) in [6.45, 7) is 8.78. The van der Waals surface area contributed by atoms with Gasteiger partial charge in [-0.1, -0.05) is 39.0 Å². The Labute approximate surface area is 165 Å². The Morgan fingerprint density at radius 3 is 2.36 bits per heavy atom. The molecule has 1 aromatic heterocycles. The summed E-state index contributed by atoms with van der Waals surface area (Å²) in [4.78, 5) is 16.2. The number of fused-ring (bicyclic) bond motifs is 1. The van der Waals surface area contributed by atoms with Crippen LogP contribution < -0.4 is 10.1 Å². The number of carbonyl (C=O) groups is 1. The second kappa shape index (κ2) is 7.54. The third-order valence-corrected chi connectivity index (χ3v) is 4.91. The Morgan fingerprint density at radius 2 is 1.82 bits per heavy atom. The van der Waals surface area contributed by atoms with E-state index in [2.05, 4.69) is 22.0 Å². The molecule has 28 heavy (non-hydrogen) atoms. The Bertz CT molecular complexity index is 985. The first-order valence-electron chi connectivity index (χ1n) is 9.38. The lowest BCUT2D eigenvalue weighted by Crippen LogP contribution is -2.37.